The predicted molar refractivity (Wildman–Crippen MR) is 139 cm³/mol. The monoisotopic (exact) mass is 509 g/mol. The highest BCUT2D eigenvalue weighted by atomic mass is 32.2. The molecule has 1 amide bonds. The van der Waals surface area contributed by atoms with Crippen molar-refractivity contribution in [2.75, 3.05) is 12.0 Å². The number of carbonyl (C=O) groups is 2. The minimum Gasteiger partial charge on any atom is -0.480 e. The van der Waals surface area contributed by atoms with Crippen LogP contribution in [0.5, 0.6) is 0 Å². The van der Waals surface area contributed by atoms with E-state index in [1.54, 1.807) is 12.1 Å². The molecular weight excluding hydrogens is 478 g/mol. The molecule has 0 radical (unpaired) electrons. The van der Waals surface area contributed by atoms with Crippen molar-refractivity contribution in [1.29, 1.82) is 0 Å². The largest absolute Gasteiger partial charge is 0.480 e. The van der Waals surface area contributed by atoms with Crippen molar-refractivity contribution in [3.8, 4) is 11.1 Å². The Labute approximate surface area is 212 Å². The maximum Gasteiger partial charge on any atom is 0.326 e. The smallest absolute Gasteiger partial charge is 0.326 e. The van der Waals surface area contributed by atoms with Gasteiger partial charge in [0.15, 0.2) is 0 Å². The lowest BCUT2D eigenvalue weighted by molar-refractivity contribution is -0.139. The van der Waals surface area contributed by atoms with E-state index >= 15 is 0 Å². The lowest BCUT2D eigenvalue weighted by Crippen LogP contribution is -2.42. The van der Waals surface area contributed by atoms with Gasteiger partial charge in [-0.05, 0) is 60.2 Å². The van der Waals surface area contributed by atoms with E-state index in [1.807, 2.05) is 74.5 Å². The number of carboxylic acid groups (broad SMARTS) is 1. The van der Waals surface area contributed by atoms with E-state index in [0.29, 0.717) is 17.7 Å². The van der Waals surface area contributed by atoms with Crippen molar-refractivity contribution in [2.45, 2.75) is 39.0 Å². The molecule has 0 saturated heterocycles. The maximum atomic E-state index is 13.2. The Hall–Kier alpha value is -3.49. The third-order valence-corrected chi connectivity index (χ3v) is 6.89. The first-order chi connectivity index (χ1) is 17.0. The lowest BCUT2D eigenvalue weighted by Gasteiger charge is -2.18. The fourth-order valence-corrected chi connectivity index (χ4v) is 4.51. The van der Waals surface area contributed by atoms with Gasteiger partial charge in [0.2, 0.25) is 0 Å². The summed E-state index contributed by atoms with van der Waals surface area (Å²) in [6, 6.07) is 21.4. The second kappa shape index (κ2) is 12.0. The molecule has 8 heteroatoms. The van der Waals surface area contributed by atoms with Crippen molar-refractivity contribution < 1.29 is 27.9 Å². The van der Waals surface area contributed by atoms with Crippen molar-refractivity contribution in [1.82, 2.24) is 5.32 Å². The number of hydrogen-bond donors (Lipinski definition) is 2. The van der Waals surface area contributed by atoms with Gasteiger partial charge < -0.3 is 15.2 Å². The van der Waals surface area contributed by atoms with Crippen LogP contribution in [0.15, 0.2) is 72.8 Å². The molecule has 0 aliphatic rings. The molecule has 36 heavy (non-hydrogen) atoms. The van der Waals surface area contributed by atoms with Crippen molar-refractivity contribution in [3.05, 3.63) is 95.1 Å². The number of aryl methyl sites for hydroxylation is 1. The molecule has 0 saturated carbocycles. The number of benzene rings is 3. The minimum atomic E-state index is -3.38. The number of amides is 1. The molecule has 7 nitrogen and oxygen atoms in total. The van der Waals surface area contributed by atoms with E-state index in [0.717, 1.165) is 28.5 Å². The average Bonchev–Trinajstić information content (AvgIpc) is 2.85. The SMILES string of the molecule is Cc1ccccc1-c1cc(COC(C)c2ccccc2)ccc1C(=O)NC(CCS(C)(=O)=O)C(=O)O. The highest BCUT2D eigenvalue weighted by Gasteiger charge is 2.24. The molecule has 0 fully saturated rings. The molecule has 0 heterocycles. The number of ether oxygens (including phenoxy) is 1. The van der Waals surface area contributed by atoms with Crippen LogP contribution >= 0.6 is 0 Å². The Bertz CT molecular complexity index is 1320. The van der Waals surface area contributed by atoms with E-state index in [2.05, 4.69) is 5.32 Å². The minimum absolute atomic E-state index is 0.123. The van der Waals surface area contributed by atoms with Crippen LogP contribution in [-0.2, 0) is 26.0 Å². The van der Waals surface area contributed by atoms with Crippen LogP contribution in [0.1, 0.15) is 46.5 Å². The van der Waals surface area contributed by atoms with Crippen LogP contribution in [0, 0.1) is 6.92 Å². The van der Waals surface area contributed by atoms with E-state index < -0.39 is 27.8 Å². The van der Waals surface area contributed by atoms with Crippen LogP contribution in [0.4, 0.5) is 0 Å². The lowest BCUT2D eigenvalue weighted by atomic mass is 9.93. The van der Waals surface area contributed by atoms with E-state index in [1.165, 1.54) is 0 Å². The van der Waals surface area contributed by atoms with Gasteiger partial charge in [0.1, 0.15) is 15.9 Å². The summed E-state index contributed by atoms with van der Waals surface area (Å²) in [6.07, 6.45) is 0.689. The molecular formula is C28H31NO6S. The zero-order valence-corrected chi connectivity index (χ0v) is 21.4. The number of aliphatic carboxylic acids is 1. The predicted octanol–water partition coefficient (Wildman–Crippen LogP) is 4.56. The van der Waals surface area contributed by atoms with Crippen LogP contribution in [0.3, 0.4) is 0 Å². The summed E-state index contributed by atoms with van der Waals surface area (Å²) in [5.74, 6) is -2.21. The summed E-state index contributed by atoms with van der Waals surface area (Å²) < 4.78 is 29.1. The molecule has 3 rings (SSSR count). The Balaban J connectivity index is 1.88. The Morgan fingerprint density at radius 3 is 2.28 bits per heavy atom. The van der Waals surface area contributed by atoms with Crippen LogP contribution in [0.25, 0.3) is 11.1 Å². The normalized spacial score (nSPS) is 13.1. The van der Waals surface area contributed by atoms with Gasteiger partial charge in [0.25, 0.3) is 5.91 Å². The van der Waals surface area contributed by atoms with Gasteiger partial charge >= 0.3 is 5.97 Å². The molecule has 3 aromatic rings. The summed E-state index contributed by atoms with van der Waals surface area (Å²) in [7, 11) is -3.38. The molecule has 0 bridgehead atoms. The van der Waals surface area contributed by atoms with Gasteiger partial charge in [0.05, 0.1) is 18.5 Å². The van der Waals surface area contributed by atoms with Gasteiger partial charge in [-0.3, -0.25) is 4.79 Å². The molecule has 0 aromatic heterocycles. The van der Waals surface area contributed by atoms with Gasteiger partial charge in [0, 0.05) is 11.8 Å². The van der Waals surface area contributed by atoms with Crippen LogP contribution < -0.4 is 5.32 Å². The molecule has 0 aliphatic heterocycles. The van der Waals surface area contributed by atoms with Crippen LogP contribution in [0.2, 0.25) is 0 Å². The van der Waals surface area contributed by atoms with Crippen molar-refractivity contribution >= 4 is 21.7 Å². The number of carbonyl (C=O) groups excluding carboxylic acids is 1. The highest BCUT2D eigenvalue weighted by Crippen LogP contribution is 2.29. The van der Waals surface area contributed by atoms with E-state index in [-0.39, 0.29) is 18.3 Å². The molecule has 0 aliphatic carbocycles. The fraction of sp³-hybridized carbons (Fsp3) is 0.286. The average molecular weight is 510 g/mol. The third-order valence-electron chi connectivity index (χ3n) is 5.91. The zero-order valence-electron chi connectivity index (χ0n) is 20.6. The first kappa shape index (κ1) is 27.1. The second-order valence-corrected chi connectivity index (χ2v) is 11.1. The zero-order chi connectivity index (χ0) is 26.3. The highest BCUT2D eigenvalue weighted by molar-refractivity contribution is 7.90. The van der Waals surface area contributed by atoms with E-state index in [4.69, 9.17) is 4.74 Å². The fourth-order valence-electron chi connectivity index (χ4n) is 3.84. The standard InChI is InChI=1S/C28H31NO6S/c1-19-9-7-8-12-23(19)25-17-21(18-35-20(2)22-10-5-4-6-11-22)13-14-24(25)27(30)29-26(28(31)32)15-16-36(3,33)34/h4-14,17,20,26H,15-16,18H2,1-3H3,(H,29,30)(H,31,32). The molecule has 2 atom stereocenters. The number of sulfone groups is 1. The number of hydrogen-bond acceptors (Lipinski definition) is 5. The first-order valence-electron chi connectivity index (χ1n) is 11.6. The molecule has 2 unspecified atom stereocenters. The summed E-state index contributed by atoms with van der Waals surface area (Å²) in [4.78, 5) is 24.9. The van der Waals surface area contributed by atoms with Crippen molar-refractivity contribution in [3.63, 3.8) is 0 Å². The number of carboxylic acids is 1. The van der Waals surface area contributed by atoms with Gasteiger partial charge in [-0.25, -0.2) is 13.2 Å². The summed E-state index contributed by atoms with van der Waals surface area (Å²) >= 11 is 0. The Kier molecular flexibility index (Phi) is 9.01. The molecule has 2 N–H and O–H groups in total. The van der Waals surface area contributed by atoms with Gasteiger partial charge in [-0.1, -0.05) is 60.7 Å². The topological polar surface area (TPSA) is 110 Å². The van der Waals surface area contributed by atoms with Gasteiger partial charge in [-0.2, -0.15) is 0 Å². The van der Waals surface area contributed by atoms with E-state index in [9.17, 15) is 23.1 Å². The maximum absolute atomic E-state index is 13.2. The first-order valence-corrected chi connectivity index (χ1v) is 13.7. The second-order valence-electron chi connectivity index (χ2n) is 8.84. The molecule has 190 valence electrons. The Morgan fingerprint density at radius 2 is 1.64 bits per heavy atom. The number of nitrogens with one attached hydrogen (secondary N) is 1. The number of rotatable bonds is 11. The van der Waals surface area contributed by atoms with Gasteiger partial charge in [-0.15, -0.1) is 0 Å². The summed E-state index contributed by atoms with van der Waals surface area (Å²) in [5.41, 5.74) is 4.65. The van der Waals surface area contributed by atoms with Crippen LogP contribution in [-0.4, -0.2) is 43.5 Å². The third kappa shape index (κ3) is 7.50. The molecule has 0 spiro atoms. The Morgan fingerprint density at radius 1 is 0.972 bits per heavy atom. The summed E-state index contributed by atoms with van der Waals surface area (Å²) in [6.45, 7) is 4.23. The van der Waals surface area contributed by atoms with Crippen molar-refractivity contribution in [2.24, 2.45) is 0 Å². The molecule has 3 aromatic carbocycles. The quantitative estimate of drug-likeness (QED) is 0.392. The summed E-state index contributed by atoms with van der Waals surface area (Å²) in [5, 5.41) is 12.0.